The minimum Gasteiger partial charge on any atom is -0.631 e. The van der Waals surface area contributed by atoms with Crippen LogP contribution in [-0.4, -0.2) is 16.1 Å². The fourth-order valence-electron chi connectivity index (χ4n) is 1.44. The number of pyridine rings is 1. The summed E-state index contributed by atoms with van der Waals surface area (Å²) in [6.07, 6.45) is 0.170. The minimum absolute atomic E-state index is 0.348. The molecular weight excluding hydrogens is 188 g/mol. The summed E-state index contributed by atoms with van der Waals surface area (Å²) < 4.78 is 25.4. The Morgan fingerprint density at radius 3 is 3.00 bits per heavy atom. The lowest BCUT2D eigenvalue weighted by molar-refractivity contribution is 0.149. The van der Waals surface area contributed by atoms with Crippen LogP contribution in [0, 0.1) is 0 Å². The van der Waals surface area contributed by atoms with Gasteiger partial charge in [0.1, 0.15) is 0 Å². The third-order valence-electron chi connectivity index (χ3n) is 2.01. The molecule has 0 aromatic carbocycles. The molecule has 0 fully saturated rings. The van der Waals surface area contributed by atoms with E-state index in [1.54, 1.807) is 12.1 Å². The van der Waals surface area contributed by atoms with Crippen molar-refractivity contribution in [3.8, 4) is 0 Å². The number of aromatic nitrogens is 2. The van der Waals surface area contributed by atoms with Crippen LogP contribution < -0.4 is 0 Å². The van der Waals surface area contributed by atoms with E-state index in [1.807, 2.05) is 0 Å². The maximum Gasteiger partial charge on any atom is 0.242 e. The molecule has 0 bridgehead atoms. The van der Waals surface area contributed by atoms with Gasteiger partial charge in [0.25, 0.3) is 0 Å². The van der Waals surface area contributed by atoms with Gasteiger partial charge in [0.2, 0.25) is 6.43 Å². The predicted molar refractivity (Wildman–Crippen MR) is 49.2 cm³/mol. The quantitative estimate of drug-likeness (QED) is 0.727. The summed E-state index contributed by atoms with van der Waals surface area (Å²) in [5.74, 6) is 7.46. The molecule has 1 N–H and O–H groups in total. The Morgan fingerprint density at radius 1 is 1.50 bits per heavy atom. The van der Waals surface area contributed by atoms with E-state index in [4.69, 9.17) is 5.84 Å². The third-order valence-corrected chi connectivity index (χ3v) is 2.01. The predicted octanol–water partition coefficient (Wildman–Crippen LogP) is 2.66. The highest BCUT2D eigenvalue weighted by atomic mass is 19.3. The van der Waals surface area contributed by atoms with E-state index < -0.39 is 6.43 Å². The second kappa shape index (κ2) is 3.25. The highest BCUT2D eigenvalue weighted by molar-refractivity contribution is 5.79. The molecule has 2 rings (SSSR count). The van der Waals surface area contributed by atoms with Gasteiger partial charge in [0.15, 0.2) is 0 Å². The van der Waals surface area contributed by atoms with Gasteiger partial charge in [0.05, 0.1) is 11.0 Å². The van der Waals surface area contributed by atoms with Gasteiger partial charge in [-0.1, -0.05) is 0 Å². The van der Waals surface area contributed by atoms with Crippen LogP contribution in [0.5, 0.6) is 0 Å². The second-order valence-corrected chi connectivity index (χ2v) is 2.99. The van der Waals surface area contributed by atoms with Crippen LogP contribution in [0.15, 0.2) is 24.5 Å². The Hall–Kier alpha value is -1.65. The Balaban J connectivity index is 2.55. The largest absolute Gasteiger partial charge is 0.631 e. The normalized spacial score (nSPS) is 11.4. The zero-order chi connectivity index (χ0) is 10.1. The molecule has 0 spiro atoms. The summed E-state index contributed by atoms with van der Waals surface area (Å²) >= 11 is 0. The van der Waals surface area contributed by atoms with Crippen LogP contribution in [0.2, 0.25) is 0 Å². The van der Waals surface area contributed by atoms with E-state index >= 15 is 0 Å². The van der Waals surface area contributed by atoms with Crippen molar-refractivity contribution in [3.63, 3.8) is 0 Å². The van der Waals surface area contributed by atoms with E-state index in [-0.39, 0.29) is 6.42 Å². The summed E-state index contributed by atoms with van der Waals surface area (Å²) in [5.41, 5.74) is 1.47. The van der Waals surface area contributed by atoms with Gasteiger partial charge in [-0.2, -0.15) is 0 Å². The first kappa shape index (κ1) is 8.93. The van der Waals surface area contributed by atoms with Gasteiger partial charge in [-0.05, 0) is 18.3 Å². The molecular formula is C9H8F2N3-. The van der Waals surface area contributed by atoms with E-state index in [0.29, 0.717) is 16.6 Å². The number of hydrogen-bond donors (Lipinski definition) is 0. The molecule has 74 valence electrons. The van der Waals surface area contributed by atoms with Crippen LogP contribution in [0.3, 0.4) is 0 Å². The molecule has 3 nitrogen and oxygen atoms in total. The Bertz CT molecular complexity index is 450. The maximum absolute atomic E-state index is 12.2. The summed E-state index contributed by atoms with van der Waals surface area (Å²) in [6.45, 7) is 0. The number of nitrogens with zero attached hydrogens (tertiary/aromatic N) is 2. The van der Waals surface area contributed by atoms with Crippen molar-refractivity contribution in [1.82, 2.24) is 9.66 Å². The van der Waals surface area contributed by atoms with Crippen LogP contribution >= 0.6 is 0 Å². The molecule has 0 radical (unpaired) electrons. The van der Waals surface area contributed by atoms with Crippen molar-refractivity contribution in [2.75, 3.05) is 0 Å². The fourth-order valence-corrected chi connectivity index (χ4v) is 1.44. The Kier molecular flexibility index (Phi) is 2.07. The molecule has 0 aliphatic heterocycles. The summed E-state index contributed by atoms with van der Waals surface area (Å²) in [7, 11) is 0. The number of hydrogen-bond acceptors (Lipinski definition) is 1. The third kappa shape index (κ3) is 1.41. The van der Waals surface area contributed by atoms with E-state index in [1.165, 1.54) is 12.4 Å². The zero-order valence-corrected chi connectivity index (χ0v) is 7.24. The van der Waals surface area contributed by atoms with Crippen LogP contribution in [-0.2, 0) is 6.42 Å². The SMILES string of the molecule is [NH-]n1cc(CC(F)F)c2ncccc21. The van der Waals surface area contributed by atoms with E-state index in [2.05, 4.69) is 4.98 Å². The van der Waals surface area contributed by atoms with Gasteiger partial charge < -0.3 is 10.5 Å². The number of nitrogens with one attached hydrogen (secondary N) is 1. The maximum atomic E-state index is 12.2. The number of alkyl halides is 2. The first-order valence-corrected chi connectivity index (χ1v) is 4.13. The Morgan fingerprint density at radius 2 is 2.29 bits per heavy atom. The van der Waals surface area contributed by atoms with Gasteiger partial charge in [-0.25, -0.2) is 8.78 Å². The molecule has 0 atom stereocenters. The minimum atomic E-state index is -2.40. The molecule has 0 amide bonds. The van der Waals surface area contributed by atoms with Gasteiger partial charge in [0, 0.05) is 18.2 Å². The van der Waals surface area contributed by atoms with Crippen LogP contribution in [0.25, 0.3) is 16.9 Å². The first-order valence-electron chi connectivity index (χ1n) is 4.13. The summed E-state index contributed by atoms with van der Waals surface area (Å²) in [5, 5.41) is 0. The molecule has 14 heavy (non-hydrogen) atoms. The monoisotopic (exact) mass is 196 g/mol. The van der Waals surface area contributed by atoms with Crippen molar-refractivity contribution in [3.05, 3.63) is 35.9 Å². The molecule has 0 saturated carbocycles. The van der Waals surface area contributed by atoms with Gasteiger partial charge >= 0.3 is 0 Å². The smallest absolute Gasteiger partial charge is 0.242 e. The highest BCUT2D eigenvalue weighted by Gasteiger charge is 2.10. The molecule has 2 heterocycles. The average molecular weight is 196 g/mol. The van der Waals surface area contributed by atoms with Gasteiger partial charge in [-0.15, -0.1) is 0 Å². The Labute approximate surface area is 79.1 Å². The van der Waals surface area contributed by atoms with Crippen molar-refractivity contribution in [1.29, 1.82) is 0 Å². The average Bonchev–Trinajstić information content (AvgIpc) is 2.44. The van der Waals surface area contributed by atoms with Crippen molar-refractivity contribution < 1.29 is 8.78 Å². The lowest BCUT2D eigenvalue weighted by Gasteiger charge is -2.03. The van der Waals surface area contributed by atoms with E-state index in [0.717, 1.165) is 4.68 Å². The lowest BCUT2D eigenvalue weighted by Crippen LogP contribution is -1.95. The number of fused-ring (bicyclic) bond motifs is 1. The van der Waals surface area contributed by atoms with Crippen LogP contribution in [0.1, 0.15) is 5.56 Å². The second-order valence-electron chi connectivity index (χ2n) is 2.99. The standard InChI is InChI=1S/C9H8F2N3/c10-8(11)4-6-5-14(12)7-2-1-3-13-9(6)7/h1-3,5,8,12H,4H2/q-1. The molecule has 0 aliphatic carbocycles. The molecule has 0 saturated heterocycles. The van der Waals surface area contributed by atoms with Crippen molar-refractivity contribution in [2.24, 2.45) is 0 Å². The lowest BCUT2D eigenvalue weighted by atomic mass is 10.2. The fraction of sp³-hybridized carbons (Fsp3) is 0.222. The molecule has 2 aromatic heterocycles. The van der Waals surface area contributed by atoms with Gasteiger partial charge in [-0.3, -0.25) is 4.98 Å². The topological polar surface area (TPSA) is 41.6 Å². The summed E-state index contributed by atoms with van der Waals surface area (Å²) in [4.78, 5) is 3.98. The van der Waals surface area contributed by atoms with Crippen molar-refractivity contribution in [2.45, 2.75) is 12.8 Å². The van der Waals surface area contributed by atoms with Crippen LogP contribution in [0.4, 0.5) is 8.78 Å². The molecule has 5 heteroatoms. The zero-order valence-electron chi connectivity index (χ0n) is 7.24. The summed E-state index contributed by atoms with van der Waals surface area (Å²) in [6, 6.07) is 3.36. The number of rotatable bonds is 2. The molecule has 0 unspecified atom stereocenters. The van der Waals surface area contributed by atoms with E-state index in [9.17, 15) is 8.78 Å². The van der Waals surface area contributed by atoms with Crippen molar-refractivity contribution >= 4 is 11.0 Å². The number of halogens is 2. The highest BCUT2D eigenvalue weighted by Crippen LogP contribution is 2.20. The first-order chi connectivity index (χ1) is 6.68. The molecule has 2 aromatic rings. The molecule has 0 aliphatic rings.